The van der Waals surface area contributed by atoms with Gasteiger partial charge in [0.1, 0.15) is 19.0 Å². The molecule has 0 saturated carbocycles. The Hall–Kier alpha value is -2.44. The van der Waals surface area contributed by atoms with Crippen molar-refractivity contribution in [3.63, 3.8) is 0 Å². The molecule has 0 radical (unpaired) electrons. The standard InChI is InChI=1S/C25H42N2O5/c1-24(2,3)19-25(4,5)20-11-13-21(14-12-20)31-17-18-32-23(29)27-16-10-8-7-9-15-26-22(28)30-6/h11-14H,7-10,15-19H2,1-6H3,(H,26,28)(H,27,29). The van der Waals surface area contributed by atoms with Crippen molar-refractivity contribution in [2.24, 2.45) is 5.41 Å². The summed E-state index contributed by atoms with van der Waals surface area (Å²) in [4.78, 5) is 22.6. The average Bonchev–Trinajstić information content (AvgIpc) is 2.71. The highest BCUT2D eigenvalue weighted by molar-refractivity contribution is 5.67. The number of rotatable bonds is 13. The minimum atomic E-state index is -0.430. The number of amides is 2. The molecular weight excluding hydrogens is 408 g/mol. The number of ether oxygens (including phenoxy) is 3. The van der Waals surface area contributed by atoms with Gasteiger partial charge in [-0.05, 0) is 47.8 Å². The number of hydrogen-bond acceptors (Lipinski definition) is 5. The lowest BCUT2D eigenvalue weighted by Crippen LogP contribution is -2.27. The first-order chi connectivity index (χ1) is 15.0. The Morgan fingerprint density at radius 3 is 1.91 bits per heavy atom. The van der Waals surface area contributed by atoms with Crippen LogP contribution in [0.5, 0.6) is 5.75 Å². The zero-order valence-electron chi connectivity index (χ0n) is 20.7. The summed E-state index contributed by atoms with van der Waals surface area (Å²) in [7, 11) is 1.35. The van der Waals surface area contributed by atoms with Crippen LogP contribution >= 0.6 is 0 Å². The predicted octanol–water partition coefficient (Wildman–Crippen LogP) is 5.42. The maximum atomic E-state index is 11.7. The maximum Gasteiger partial charge on any atom is 0.407 e. The lowest BCUT2D eigenvalue weighted by molar-refractivity contribution is 0.125. The van der Waals surface area contributed by atoms with Crippen molar-refractivity contribution in [1.29, 1.82) is 0 Å². The van der Waals surface area contributed by atoms with Gasteiger partial charge in [-0.1, -0.05) is 59.6 Å². The van der Waals surface area contributed by atoms with E-state index in [0.717, 1.165) is 37.9 Å². The first-order valence-electron chi connectivity index (χ1n) is 11.5. The second-order valence-electron chi connectivity index (χ2n) is 9.89. The van der Waals surface area contributed by atoms with Crippen LogP contribution in [0.1, 0.15) is 72.3 Å². The molecule has 0 heterocycles. The monoisotopic (exact) mass is 450 g/mol. The van der Waals surface area contributed by atoms with Crippen molar-refractivity contribution in [3.8, 4) is 5.75 Å². The van der Waals surface area contributed by atoms with Gasteiger partial charge < -0.3 is 24.8 Å². The van der Waals surface area contributed by atoms with Crippen LogP contribution < -0.4 is 15.4 Å². The molecule has 1 rings (SSSR count). The van der Waals surface area contributed by atoms with Crippen LogP contribution in [0.3, 0.4) is 0 Å². The Kier molecular flexibility index (Phi) is 12.0. The van der Waals surface area contributed by atoms with E-state index in [1.54, 1.807) is 0 Å². The van der Waals surface area contributed by atoms with Crippen LogP contribution in [0, 0.1) is 5.41 Å². The van der Waals surface area contributed by atoms with Gasteiger partial charge >= 0.3 is 12.2 Å². The number of carbonyl (C=O) groups excluding carboxylic acids is 2. The summed E-state index contributed by atoms with van der Waals surface area (Å²) in [5.41, 5.74) is 1.65. The second-order valence-corrected chi connectivity index (χ2v) is 9.89. The van der Waals surface area contributed by atoms with Crippen molar-refractivity contribution >= 4 is 12.2 Å². The van der Waals surface area contributed by atoms with Crippen LogP contribution in [0.15, 0.2) is 24.3 Å². The first-order valence-corrected chi connectivity index (χ1v) is 11.5. The largest absolute Gasteiger partial charge is 0.490 e. The van der Waals surface area contributed by atoms with Gasteiger partial charge in [0.25, 0.3) is 0 Å². The molecule has 0 atom stereocenters. The Balaban J connectivity index is 2.13. The zero-order chi connectivity index (χ0) is 24.0. The third-order valence-electron chi connectivity index (χ3n) is 5.02. The number of alkyl carbamates (subject to hydrolysis) is 2. The van der Waals surface area contributed by atoms with E-state index in [1.165, 1.54) is 12.7 Å². The molecule has 0 unspecified atom stereocenters. The molecule has 0 aliphatic carbocycles. The van der Waals surface area contributed by atoms with Crippen molar-refractivity contribution in [3.05, 3.63) is 29.8 Å². The van der Waals surface area contributed by atoms with Gasteiger partial charge in [0.2, 0.25) is 0 Å². The molecule has 7 nitrogen and oxygen atoms in total. The minimum absolute atomic E-state index is 0.0952. The number of nitrogens with one attached hydrogen (secondary N) is 2. The fourth-order valence-electron chi connectivity index (χ4n) is 3.83. The molecule has 0 aliphatic heterocycles. The smallest absolute Gasteiger partial charge is 0.407 e. The molecule has 32 heavy (non-hydrogen) atoms. The normalized spacial score (nSPS) is 11.6. The Morgan fingerprint density at radius 2 is 1.38 bits per heavy atom. The van der Waals surface area contributed by atoms with E-state index < -0.39 is 12.2 Å². The predicted molar refractivity (Wildman–Crippen MR) is 127 cm³/mol. The molecule has 1 aromatic carbocycles. The molecule has 2 N–H and O–H groups in total. The van der Waals surface area contributed by atoms with Crippen molar-refractivity contribution in [1.82, 2.24) is 10.6 Å². The van der Waals surface area contributed by atoms with Crippen molar-refractivity contribution < 1.29 is 23.8 Å². The fourth-order valence-corrected chi connectivity index (χ4v) is 3.83. The lowest BCUT2D eigenvalue weighted by Gasteiger charge is -2.33. The summed E-state index contributed by atoms with van der Waals surface area (Å²) < 4.78 is 15.3. The first kappa shape index (κ1) is 27.6. The van der Waals surface area contributed by atoms with E-state index >= 15 is 0 Å². The number of hydrogen-bond donors (Lipinski definition) is 2. The number of unbranched alkanes of at least 4 members (excludes halogenated alkanes) is 3. The fraction of sp³-hybridized carbons (Fsp3) is 0.680. The summed E-state index contributed by atoms with van der Waals surface area (Å²) in [6, 6.07) is 8.17. The van der Waals surface area contributed by atoms with E-state index in [1.807, 2.05) is 12.1 Å². The van der Waals surface area contributed by atoms with Gasteiger partial charge in [-0.25, -0.2) is 9.59 Å². The highest BCUT2D eigenvalue weighted by Gasteiger charge is 2.27. The van der Waals surface area contributed by atoms with Gasteiger partial charge in [-0.3, -0.25) is 0 Å². The number of carbonyl (C=O) groups is 2. The summed E-state index contributed by atoms with van der Waals surface area (Å²) in [6.07, 6.45) is 3.94. The van der Waals surface area contributed by atoms with E-state index in [0.29, 0.717) is 19.7 Å². The maximum absolute atomic E-state index is 11.7. The quantitative estimate of drug-likeness (QED) is 0.392. The summed E-state index contributed by atoms with van der Waals surface area (Å²) in [5, 5.41) is 5.37. The summed E-state index contributed by atoms with van der Waals surface area (Å²) >= 11 is 0. The van der Waals surface area contributed by atoms with Crippen molar-refractivity contribution in [2.45, 2.75) is 72.1 Å². The van der Waals surface area contributed by atoms with Crippen LogP contribution in [0.2, 0.25) is 0 Å². The molecule has 0 aliphatic rings. The topological polar surface area (TPSA) is 85.9 Å². The highest BCUT2D eigenvalue weighted by atomic mass is 16.6. The lowest BCUT2D eigenvalue weighted by atomic mass is 9.72. The average molecular weight is 451 g/mol. The van der Waals surface area contributed by atoms with Gasteiger partial charge in [0.05, 0.1) is 7.11 Å². The molecule has 0 spiro atoms. The van der Waals surface area contributed by atoms with E-state index in [9.17, 15) is 9.59 Å². The third-order valence-corrected chi connectivity index (χ3v) is 5.02. The van der Waals surface area contributed by atoms with Crippen LogP contribution in [0.25, 0.3) is 0 Å². The summed E-state index contributed by atoms with van der Waals surface area (Å²) in [6.45, 7) is 13.0. The molecule has 0 saturated heterocycles. The van der Waals surface area contributed by atoms with Crippen LogP contribution in [-0.2, 0) is 14.9 Å². The molecular formula is C25H42N2O5. The third kappa shape index (κ3) is 12.4. The summed E-state index contributed by atoms with van der Waals surface area (Å²) in [5.74, 6) is 0.769. The Bertz CT molecular complexity index is 681. The SMILES string of the molecule is COC(=O)NCCCCCCNC(=O)OCCOc1ccc(C(C)(C)CC(C)(C)C)cc1. The van der Waals surface area contributed by atoms with E-state index in [2.05, 4.69) is 62.1 Å². The molecule has 7 heteroatoms. The molecule has 2 amide bonds. The highest BCUT2D eigenvalue weighted by Crippen LogP contribution is 2.36. The Labute approximate surface area is 193 Å². The zero-order valence-corrected chi connectivity index (χ0v) is 20.7. The van der Waals surface area contributed by atoms with Crippen molar-refractivity contribution in [2.75, 3.05) is 33.4 Å². The molecule has 182 valence electrons. The molecule has 0 bridgehead atoms. The molecule has 0 aromatic heterocycles. The van der Waals surface area contributed by atoms with Crippen LogP contribution in [0.4, 0.5) is 9.59 Å². The number of benzene rings is 1. The molecule has 0 fully saturated rings. The van der Waals surface area contributed by atoms with Crippen LogP contribution in [-0.4, -0.2) is 45.6 Å². The second kappa shape index (κ2) is 13.9. The van der Waals surface area contributed by atoms with Gasteiger partial charge in [0.15, 0.2) is 0 Å². The van der Waals surface area contributed by atoms with Gasteiger partial charge in [-0.2, -0.15) is 0 Å². The molecule has 1 aromatic rings. The Morgan fingerprint density at radius 1 is 0.812 bits per heavy atom. The van der Waals surface area contributed by atoms with E-state index in [-0.39, 0.29) is 17.4 Å². The van der Waals surface area contributed by atoms with Gasteiger partial charge in [0, 0.05) is 13.1 Å². The minimum Gasteiger partial charge on any atom is -0.490 e. The van der Waals surface area contributed by atoms with E-state index in [4.69, 9.17) is 9.47 Å². The van der Waals surface area contributed by atoms with Gasteiger partial charge in [-0.15, -0.1) is 0 Å². The number of methoxy groups -OCH3 is 1.